The van der Waals surface area contributed by atoms with Crippen molar-refractivity contribution in [1.29, 1.82) is 0 Å². The van der Waals surface area contributed by atoms with Crippen LogP contribution < -0.4 is 5.32 Å². The molecule has 0 unspecified atom stereocenters. The maximum atomic E-state index is 13.6. The molecular weight excluding hydrogens is 363 g/mol. The van der Waals surface area contributed by atoms with E-state index in [1.807, 2.05) is 0 Å². The van der Waals surface area contributed by atoms with E-state index in [1.165, 1.54) is 21.7 Å². The second-order valence-electron chi connectivity index (χ2n) is 5.94. The molecule has 1 aliphatic heterocycles. The SMILES string of the molecule is O=C(NCc1ccccc1F)[C@@H]1CCCN(S(=O)(=O)c2cccs2)C1. The summed E-state index contributed by atoms with van der Waals surface area (Å²) in [4.78, 5) is 12.4. The Labute approximate surface area is 150 Å². The van der Waals surface area contributed by atoms with Gasteiger partial charge in [0.2, 0.25) is 5.91 Å². The highest BCUT2D eigenvalue weighted by molar-refractivity contribution is 7.91. The van der Waals surface area contributed by atoms with Crippen molar-refractivity contribution in [2.24, 2.45) is 5.92 Å². The summed E-state index contributed by atoms with van der Waals surface area (Å²) in [5.74, 6) is -1.03. The van der Waals surface area contributed by atoms with Gasteiger partial charge in [-0.25, -0.2) is 12.8 Å². The Hall–Kier alpha value is -1.77. The molecule has 3 rings (SSSR count). The molecule has 1 amide bonds. The van der Waals surface area contributed by atoms with Gasteiger partial charge in [0, 0.05) is 25.2 Å². The molecule has 1 atom stereocenters. The minimum absolute atomic E-state index is 0.0969. The van der Waals surface area contributed by atoms with Gasteiger partial charge in [-0.05, 0) is 30.4 Å². The predicted molar refractivity (Wildman–Crippen MR) is 94.0 cm³/mol. The van der Waals surface area contributed by atoms with Crippen LogP contribution in [0.4, 0.5) is 4.39 Å². The highest BCUT2D eigenvalue weighted by Crippen LogP contribution is 2.26. The largest absolute Gasteiger partial charge is 0.352 e. The molecule has 2 aromatic rings. The number of hydrogen-bond donors (Lipinski definition) is 1. The smallest absolute Gasteiger partial charge is 0.252 e. The first-order valence-electron chi connectivity index (χ1n) is 8.03. The van der Waals surface area contributed by atoms with E-state index in [0.717, 1.165) is 0 Å². The van der Waals surface area contributed by atoms with Crippen LogP contribution in [0.2, 0.25) is 0 Å². The van der Waals surface area contributed by atoms with Gasteiger partial charge in [-0.3, -0.25) is 4.79 Å². The van der Waals surface area contributed by atoms with E-state index in [9.17, 15) is 17.6 Å². The third kappa shape index (κ3) is 4.08. The van der Waals surface area contributed by atoms with Crippen LogP contribution in [-0.4, -0.2) is 31.7 Å². The van der Waals surface area contributed by atoms with Crippen molar-refractivity contribution in [3.8, 4) is 0 Å². The number of carbonyl (C=O) groups is 1. The number of nitrogens with one attached hydrogen (secondary N) is 1. The van der Waals surface area contributed by atoms with Crippen molar-refractivity contribution in [2.45, 2.75) is 23.6 Å². The zero-order chi connectivity index (χ0) is 17.9. The molecule has 1 aliphatic rings. The van der Waals surface area contributed by atoms with Crippen LogP contribution in [0.25, 0.3) is 0 Å². The van der Waals surface area contributed by atoms with Crippen LogP contribution in [0.15, 0.2) is 46.0 Å². The quantitative estimate of drug-likeness (QED) is 0.864. The first-order valence-corrected chi connectivity index (χ1v) is 10.4. The second-order valence-corrected chi connectivity index (χ2v) is 9.06. The van der Waals surface area contributed by atoms with Gasteiger partial charge in [0.25, 0.3) is 10.0 Å². The summed E-state index contributed by atoms with van der Waals surface area (Å²) >= 11 is 1.17. The van der Waals surface area contributed by atoms with Crippen LogP contribution in [0.5, 0.6) is 0 Å². The predicted octanol–water partition coefficient (Wildman–Crippen LogP) is 2.60. The van der Waals surface area contributed by atoms with Crippen molar-refractivity contribution in [3.63, 3.8) is 0 Å². The summed E-state index contributed by atoms with van der Waals surface area (Å²) in [5, 5.41) is 4.44. The fraction of sp³-hybridized carbons (Fsp3) is 0.353. The summed E-state index contributed by atoms with van der Waals surface area (Å²) in [6, 6.07) is 9.53. The van der Waals surface area contributed by atoms with E-state index in [2.05, 4.69) is 5.32 Å². The summed E-state index contributed by atoms with van der Waals surface area (Å²) in [6.45, 7) is 0.667. The number of thiophene rings is 1. The van der Waals surface area contributed by atoms with Crippen molar-refractivity contribution in [3.05, 3.63) is 53.2 Å². The van der Waals surface area contributed by atoms with E-state index < -0.39 is 15.9 Å². The molecular formula is C17H19FN2O3S2. The van der Waals surface area contributed by atoms with E-state index in [0.29, 0.717) is 29.2 Å². The highest BCUT2D eigenvalue weighted by atomic mass is 32.2. The van der Waals surface area contributed by atoms with E-state index in [-0.39, 0.29) is 24.8 Å². The molecule has 1 aromatic heterocycles. The number of benzene rings is 1. The number of amides is 1. The minimum atomic E-state index is -3.55. The second kappa shape index (κ2) is 7.63. The molecule has 1 N–H and O–H groups in total. The lowest BCUT2D eigenvalue weighted by atomic mass is 9.98. The lowest BCUT2D eigenvalue weighted by Gasteiger charge is -2.30. The van der Waals surface area contributed by atoms with Gasteiger partial charge >= 0.3 is 0 Å². The third-order valence-electron chi connectivity index (χ3n) is 4.26. The Morgan fingerprint density at radius 3 is 2.80 bits per heavy atom. The number of halogens is 1. The van der Waals surface area contributed by atoms with Gasteiger partial charge in [0.05, 0.1) is 5.92 Å². The number of nitrogens with zero attached hydrogens (tertiary/aromatic N) is 1. The van der Waals surface area contributed by atoms with Crippen LogP contribution in [0, 0.1) is 11.7 Å². The lowest BCUT2D eigenvalue weighted by Crippen LogP contribution is -2.45. The van der Waals surface area contributed by atoms with Crippen molar-refractivity contribution >= 4 is 27.3 Å². The summed E-state index contributed by atoms with van der Waals surface area (Å²) in [7, 11) is -3.55. The molecule has 1 fully saturated rings. The first-order chi connectivity index (χ1) is 12.0. The zero-order valence-electron chi connectivity index (χ0n) is 13.5. The average molecular weight is 382 g/mol. The Kier molecular flexibility index (Phi) is 5.51. The van der Waals surface area contributed by atoms with E-state index >= 15 is 0 Å². The lowest BCUT2D eigenvalue weighted by molar-refractivity contribution is -0.126. The molecule has 8 heteroatoms. The van der Waals surface area contributed by atoms with Crippen LogP contribution >= 0.6 is 11.3 Å². The Balaban J connectivity index is 1.63. The minimum Gasteiger partial charge on any atom is -0.352 e. The van der Waals surface area contributed by atoms with Crippen LogP contribution in [0.1, 0.15) is 18.4 Å². The topological polar surface area (TPSA) is 66.5 Å². The number of piperidine rings is 1. The monoisotopic (exact) mass is 382 g/mol. The highest BCUT2D eigenvalue weighted by Gasteiger charge is 2.33. The molecule has 5 nitrogen and oxygen atoms in total. The molecule has 1 aromatic carbocycles. The maximum Gasteiger partial charge on any atom is 0.252 e. The molecule has 0 spiro atoms. The summed E-state index contributed by atoms with van der Waals surface area (Å²) in [6.07, 6.45) is 1.25. The maximum absolute atomic E-state index is 13.6. The van der Waals surface area contributed by atoms with E-state index in [1.54, 1.807) is 35.7 Å². The normalized spacial score (nSPS) is 18.8. The average Bonchev–Trinajstić information content (AvgIpc) is 3.16. The number of sulfonamides is 1. The van der Waals surface area contributed by atoms with Crippen molar-refractivity contribution in [2.75, 3.05) is 13.1 Å². The Morgan fingerprint density at radius 2 is 2.08 bits per heavy atom. The molecule has 1 saturated heterocycles. The van der Waals surface area contributed by atoms with Crippen LogP contribution in [0.3, 0.4) is 0 Å². The number of carbonyl (C=O) groups excluding carboxylic acids is 1. The number of hydrogen-bond acceptors (Lipinski definition) is 4. The molecule has 25 heavy (non-hydrogen) atoms. The van der Waals surface area contributed by atoms with Gasteiger partial charge in [-0.2, -0.15) is 4.31 Å². The van der Waals surface area contributed by atoms with Gasteiger partial charge < -0.3 is 5.32 Å². The standard InChI is InChI=1S/C17H19FN2O3S2/c18-15-7-2-1-5-13(15)11-19-17(21)14-6-3-9-20(12-14)25(22,23)16-8-4-10-24-16/h1-2,4-5,7-8,10,14H,3,6,9,11-12H2,(H,19,21)/t14-/m1/s1. The van der Waals surface area contributed by atoms with Crippen LogP contribution in [-0.2, 0) is 21.4 Å². The fourth-order valence-electron chi connectivity index (χ4n) is 2.88. The van der Waals surface area contributed by atoms with Crippen molar-refractivity contribution < 1.29 is 17.6 Å². The van der Waals surface area contributed by atoms with Crippen molar-refractivity contribution in [1.82, 2.24) is 9.62 Å². The Morgan fingerprint density at radius 1 is 1.28 bits per heavy atom. The molecule has 0 saturated carbocycles. The first kappa shape index (κ1) is 18.0. The summed E-state index contributed by atoms with van der Waals surface area (Å²) < 4.78 is 40.5. The summed E-state index contributed by atoms with van der Waals surface area (Å²) in [5.41, 5.74) is 0.412. The molecule has 0 aliphatic carbocycles. The molecule has 134 valence electrons. The third-order valence-corrected chi connectivity index (χ3v) is 7.49. The van der Waals surface area contributed by atoms with Gasteiger partial charge in [-0.1, -0.05) is 24.3 Å². The van der Waals surface area contributed by atoms with Gasteiger partial charge in [-0.15, -0.1) is 11.3 Å². The van der Waals surface area contributed by atoms with Gasteiger partial charge in [0.1, 0.15) is 10.0 Å². The molecule has 2 heterocycles. The van der Waals surface area contributed by atoms with Gasteiger partial charge in [0.15, 0.2) is 0 Å². The number of rotatable bonds is 5. The molecule has 0 radical (unpaired) electrons. The Bertz CT molecular complexity index is 837. The zero-order valence-corrected chi connectivity index (χ0v) is 15.2. The fourth-order valence-corrected chi connectivity index (χ4v) is 5.55. The van der Waals surface area contributed by atoms with E-state index in [4.69, 9.17) is 0 Å². The molecule has 0 bridgehead atoms.